The zero-order valence-electron chi connectivity index (χ0n) is 15.7. The van der Waals surface area contributed by atoms with E-state index in [0.717, 1.165) is 17.0 Å². The third-order valence-corrected chi connectivity index (χ3v) is 4.01. The van der Waals surface area contributed by atoms with Crippen molar-refractivity contribution in [2.24, 2.45) is 5.92 Å². The number of amides is 1. The maximum absolute atomic E-state index is 12.4. The molecule has 0 fully saturated rings. The first-order valence-corrected chi connectivity index (χ1v) is 8.69. The zero-order chi connectivity index (χ0) is 19.8. The molecule has 0 saturated heterocycles. The quantitative estimate of drug-likeness (QED) is 0.702. The number of aryl methyl sites for hydroxylation is 1. The lowest BCUT2D eigenvalue weighted by atomic mass is 9.99. The summed E-state index contributed by atoms with van der Waals surface area (Å²) >= 11 is 0. The van der Waals surface area contributed by atoms with Gasteiger partial charge in [-0.25, -0.2) is 4.98 Å². The Balaban J connectivity index is 2.02. The number of carbonyl (C=O) groups excluding carboxylic acids is 1. The van der Waals surface area contributed by atoms with Crippen molar-refractivity contribution in [3.8, 4) is 11.6 Å². The average molecular weight is 372 g/mol. The Hall–Kier alpha value is -3.09. The molecule has 144 valence electrons. The van der Waals surface area contributed by atoms with Gasteiger partial charge in [0, 0.05) is 12.2 Å². The molecule has 1 heterocycles. The van der Waals surface area contributed by atoms with Gasteiger partial charge in [0.05, 0.1) is 19.6 Å². The van der Waals surface area contributed by atoms with E-state index in [1.54, 1.807) is 31.2 Å². The smallest absolute Gasteiger partial charge is 0.308 e. The molecule has 1 atom stereocenters. The van der Waals surface area contributed by atoms with Crippen LogP contribution in [0.25, 0.3) is 0 Å². The first-order chi connectivity index (χ1) is 12.9. The van der Waals surface area contributed by atoms with Gasteiger partial charge in [-0.15, -0.1) is 0 Å². The highest BCUT2D eigenvalue weighted by Gasteiger charge is 2.21. The lowest BCUT2D eigenvalue weighted by Crippen LogP contribution is -2.34. The van der Waals surface area contributed by atoms with Gasteiger partial charge in [-0.05, 0) is 50.1 Å². The maximum atomic E-state index is 12.4. The van der Waals surface area contributed by atoms with Crippen LogP contribution in [0.1, 0.15) is 28.5 Å². The van der Waals surface area contributed by atoms with Gasteiger partial charge in [-0.3, -0.25) is 9.59 Å². The minimum Gasteiger partial charge on any atom is -0.494 e. The van der Waals surface area contributed by atoms with Crippen molar-refractivity contribution in [2.75, 3.05) is 20.3 Å². The van der Waals surface area contributed by atoms with Crippen LogP contribution in [-0.2, 0) is 11.2 Å². The molecule has 2 rings (SSSR count). The van der Waals surface area contributed by atoms with Crippen molar-refractivity contribution in [3.05, 3.63) is 53.2 Å². The van der Waals surface area contributed by atoms with E-state index >= 15 is 0 Å². The summed E-state index contributed by atoms with van der Waals surface area (Å²) in [6.07, 6.45) is 0.297. The third kappa shape index (κ3) is 5.70. The molecule has 1 unspecified atom stereocenters. The Morgan fingerprint density at radius 3 is 2.48 bits per heavy atom. The number of hydrogen-bond acceptors (Lipinski definition) is 5. The van der Waals surface area contributed by atoms with Crippen LogP contribution in [0.15, 0.2) is 36.4 Å². The predicted octanol–water partition coefficient (Wildman–Crippen LogP) is 2.47. The van der Waals surface area contributed by atoms with Gasteiger partial charge in [0.25, 0.3) is 5.91 Å². The number of aliphatic carboxylic acids is 1. The molecule has 0 spiro atoms. The molecule has 2 N–H and O–H groups in total. The fourth-order valence-corrected chi connectivity index (χ4v) is 2.59. The molecule has 2 aromatic rings. The van der Waals surface area contributed by atoms with E-state index in [4.69, 9.17) is 9.47 Å². The van der Waals surface area contributed by atoms with E-state index in [1.807, 2.05) is 19.1 Å². The first kappa shape index (κ1) is 20.2. The molecule has 0 radical (unpaired) electrons. The largest absolute Gasteiger partial charge is 0.494 e. The van der Waals surface area contributed by atoms with Crippen molar-refractivity contribution in [3.63, 3.8) is 0 Å². The van der Waals surface area contributed by atoms with E-state index in [1.165, 1.54) is 7.11 Å². The summed E-state index contributed by atoms with van der Waals surface area (Å²) in [5, 5.41) is 12.1. The number of benzene rings is 1. The van der Waals surface area contributed by atoms with Crippen molar-refractivity contribution >= 4 is 11.9 Å². The van der Waals surface area contributed by atoms with Crippen molar-refractivity contribution in [1.29, 1.82) is 0 Å². The van der Waals surface area contributed by atoms with Gasteiger partial charge in [-0.1, -0.05) is 12.1 Å². The van der Waals surface area contributed by atoms with Gasteiger partial charge < -0.3 is 19.9 Å². The number of carboxylic acids is 1. The van der Waals surface area contributed by atoms with Crippen LogP contribution >= 0.6 is 0 Å². The molecule has 7 nitrogen and oxygen atoms in total. The highest BCUT2D eigenvalue weighted by Crippen LogP contribution is 2.17. The summed E-state index contributed by atoms with van der Waals surface area (Å²) in [5.74, 6) is -1.20. The molecule has 1 aromatic heterocycles. The number of aromatic nitrogens is 1. The second-order valence-corrected chi connectivity index (χ2v) is 6.04. The summed E-state index contributed by atoms with van der Waals surface area (Å²) in [6, 6.07) is 10.6. The minimum absolute atomic E-state index is 0.00158. The third-order valence-electron chi connectivity index (χ3n) is 4.01. The summed E-state index contributed by atoms with van der Waals surface area (Å²) in [5.41, 5.74) is 1.85. The summed E-state index contributed by atoms with van der Waals surface area (Å²) < 4.78 is 10.5. The van der Waals surface area contributed by atoms with Crippen molar-refractivity contribution in [1.82, 2.24) is 10.3 Å². The van der Waals surface area contributed by atoms with Crippen LogP contribution in [0, 0.1) is 12.8 Å². The fourth-order valence-electron chi connectivity index (χ4n) is 2.59. The monoisotopic (exact) mass is 372 g/mol. The lowest BCUT2D eigenvalue weighted by molar-refractivity contribution is -0.141. The van der Waals surface area contributed by atoms with E-state index in [-0.39, 0.29) is 18.0 Å². The Morgan fingerprint density at radius 2 is 1.89 bits per heavy atom. The Morgan fingerprint density at radius 1 is 1.19 bits per heavy atom. The van der Waals surface area contributed by atoms with Crippen LogP contribution in [0.3, 0.4) is 0 Å². The SMILES string of the molecule is CCOc1ccc(CC(CNC(=O)c2ccc(C)nc2OC)C(=O)O)cc1. The average Bonchev–Trinajstić information content (AvgIpc) is 2.66. The van der Waals surface area contributed by atoms with E-state index < -0.39 is 17.8 Å². The highest BCUT2D eigenvalue weighted by atomic mass is 16.5. The second-order valence-electron chi connectivity index (χ2n) is 6.04. The standard InChI is InChI=1S/C20H24N2O5/c1-4-27-16-8-6-14(7-9-16)11-15(20(24)25)12-21-18(23)17-10-5-13(2)22-19(17)26-3/h5-10,15H,4,11-12H2,1-3H3,(H,21,23)(H,24,25). The molecule has 7 heteroatoms. The Kier molecular flexibility index (Phi) is 7.16. The summed E-state index contributed by atoms with van der Waals surface area (Å²) in [7, 11) is 1.44. The van der Waals surface area contributed by atoms with E-state index in [9.17, 15) is 14.7 Å². The molecule has 0 bridgehead atoms. The molecular weight excluding hydrogens is 348 g/mol. The normalized spacial score (nSPS) is 11.5. The molecule has 0 aliphatic carbocycles. The van der Waals surface area contributed by atoms with Crippen LogP contribution in [0.5, 0.6) is 11.6 Å². The molecule has 0 aliphatic rings. The second kappa shape index (κ2) is 9.56. The van der Waals surface area contributed by atoms with Crippen LogP contribution in [-0.4, -0.2) is 42.2 Å². The van der Waals surface area contributed by atoms with Crippen LogP contribution < -0.4 is 14.8 Å². The van der Waals surface area contributed by atoms with Crippen LogP contribution in [0.4, 0.5) is 0 Å². The van der Waals surface area contributed by atoms with Gasteiger partial charge in [0.2, 0.25) is 5.88 Å². The fraction of sp³-hybridized carbons (Fsp3) is 0.350. The lowest BCUT2D eigenvalue weighted by Gasteiger charge is -2.15. The number of carbonyl (C=O) groups is 2. The maximum Gasteiger partial charge on any atom is 0.308 e. The molecular formula is C20H24N2O5. The molecule has 0 aliphatic heterocycles. The number of hydrogen-bond donors (Lipinski definition) is 2. The Labute approximate surface area is 158 Å². The zero-order valence-corrected chi connectivity index (χ0v) is 15.7. The number of nitrogens with zero attached hydrogens (tertiary/aromatic N) is 1. The number of carboxylic acid groups (broad SMARTS) is 1. The van der Waals surface area contributed by atoms with Gasteiger partial charge in [0.1, 0.15) is 11.3 Å². The van der Waals surface area contributed by atoms with E-state index in [2.05, 4.69) is 10.3 Å². The van der Waals surface area contributed by atoms with E-state index in [0.29, 0.717) is 13.0 Å². The summed E-state index contributed by atoms with van der Waals surface area (Å²) in [6.45, 7) is 4.26. The molecule has 1 aromatic carbocycles. The van der Waals surface area contributed by atoms with Gasteiger partial charge >= 0.3 is 5.97 Å². The number of pyridine rings is 1. The number of nitrogens with one attached hydrogen (secondary N) is 1. The topological polar surface area (TPSA) is 97.8 Å². The highest BCUT2D eigenvalue weighted by molar-refractivity contribution is 5.96. The predicted molar refractivity (Wildman–Crippen MR) is 100 cm³/mol. The molecule has 0 saturated carbocycles. The first-order valence-electron chi connectivity index (χ1n) is 8.69. The van der Waals surface area contributed by atoms with Crippen molar-refractivity contribution < 1.29 is 24.2 Å². The number of ether oxygens (including phenoxy) is 2. The molecule has 27 heavy (non-hydrogen) atoms. The number of rotatable bonds is 9. The van der Waals surface area contributed by atoms with Crippen molar-refractivity contribution in [2.45, 2.75) is 20.3 Å². The van der Waals surface area contributed by atoms with Gasteiger partial charge in [-0.2, -0.15) is 0 Å². The summed E-state index contributed by atoms with van der Waals surface area (Å²) in [4.78, 5) is 28.1. The number of methoxy groups -OCH3 is 1. The molecule has 1 amide bonds. The Bertz CT molecular complexity index is 789. The van der Waals surface area contributed by atoms with Gasteiger partial charge in [0.15, 0.2) is 0 Å². The minimum atomic E-state index is -0.974. The van der Waals surface area contributed by atoms with Crippen LogP contribution in [0.2, 0.25) is 0 Å².